The van der Waals surface area contributed by atoms with Crippen LogP contribution in [-0.4, -0.2) is 20.5 Å². The van der Waals surface area contributed by atoms with Crippen LogP contribution in [-0.2, 0) is 0 Å². The molecule has 0 radical (unpaired) electrons. The van der Waals surface area contributed by atoms with Gasteiger partial charge in [-0.1, -0.05) is 47.5 Å². The summed E-state index contributed by atoms with van der Waals surface area (Å²) in [5, 5.41) is 27.4. The number of thioether (sulfide) groups is 1. The molecule has 0 saturated heterocycles. The third-order valence-electron chi connectivity index (χ3n) is 6.99. The molecule has 7 nitrogen and oxygen atoms in total. The molecule has 0 spiro atoms. The van der Waals surface area contributed by atoms with Crippen LogP contribution in [0.2, 0.25) is 10.0 Å². The zero-order chi connectivity index (χ0) is 25.7. The lowest BCUT2D eigenvalue weighted by molar-refractivity contribution is -0.387. The Morgan fingerprint density at radius 2 is 1.72 bits per heavy atom. The normalized spacial score (nSPS) is 24.5. The Bertz CT molecular complexity index is 1390. The summed E-state index contributed by atoms with van der Waals surface area (Å²) in [6.45, 7) is 1.90. The number of para-hydroxylation sites is 1. The lowest BCUT2D eigenvalue weighted by atomic mass is 9.76. The molecule has 1 aliphatic heterocycles. The highest BCUT2D eigenvalue weighted by Crippen LogP contribution is 2.60. The summed E-state index contributed by atoms with van der Waals surface area (Å²) in [4.78, 5) is 23.4. The first-order chi connectivity index (χ1) is 17.2. The highest BCUT2D eigenvalue weighted by molar-refractivity contribution is 8.00. The van der Waals surface area contributed by atoms with E-state index >= 15 is 0 Å². The number of aryl methyl sites for hydroxylation is 1. The maximum atomic E-state index is 12.0. The van der Waals surface area contributed by atoms with Crippen LogP contribution in [0.3, 0.4) is 0 Å². The van der Waals surface area contributed by atoms with Crippen LogP contribution in [0, 0.1) is 33.1 Å². The van der Waals surface area contributed by atoms with Crippen LogP contribution in [0.1, 0.15) is 35.1 Å². The van der Waals surface area contributed by atoms with Crippen molar-refractivity contribution in [2.24, 2.45) is 5.92 Å². The fraction of sp³-hybridized carbons (Fsp3) is 0.280. The second-order valence-corrected chi connectivity index (χ2v) is 11.6. The van der Waals surface area contributed by atoms with Crippen molar-refractivity contribution < 1.29 is 9.85 Å². The summed E-state index contributed by atoms with van der Waals surface area (Å²) < 4.78 is 0. The first-order valence-corrected chi connectivity index (χ1v) is 13.3. The molecule has 0 bridgehead atoms. The smallest absolute Gasteiger partial charge is 0.282 e. The van der Waals surface area contributed by atoms with Gasteiger partial charge >= 0.3 is 0 Å². The molecular formula is C25H20Cl3N3O4S. The number of nitro benzene ring substituents is 2. The fourth-order valence-electron chi connectivity index (χ4n) is 5.44. The van der Waals surface area contributed by atoms with Gasteiger partial charge in [0, 0.05) is 39.0 Å². The Balaban J connectivity index is 1.63. The van der Waals surface area contributed by atoms with E-state index in [4.69, 9.17) is 34.8 Å². The van der Waals surface area contributed by atoms with Gasteiger partial charge in [0.15, 0.2) is 0 Å². The quantitative estimate of drug-likeness (QED) is 0.191. The molecular weight excluding hydrogens is 545 g/mol. The van der Waals surface area contributed by atoms with Crippen LogP contribution < -0.4 is 5.32 Å². The summed E-state index contributed by atoms with van der Waals surface area (Å²) in [6, 6.07) is 14.8. The molecule has 0 aromatic heterocycles. The van der Waals surface area contributed by atoms with Crippen molar-refractivity contribution in [1.29, 1.82) is 0 Å². The highest BCUT2D eigenvalue weighted by atomic mass is 35.5. The van der Waals surface area contributed by atoms with Crippen molar-refractivity contribution in [2.45, 2.75) is 40.8 Å². The third-order valence-corrected chi connectivity index (χ3v) is 9.67. The van der Waals surface area contributed by atoms with Gasteiger partial charge in [-0.2, -0.15) is 0 Å². The standard InChI is InChI=1S/C25H20Cl3N3O4S/c1-12-6-9-18(31(34)35)22-21-15(25(29-24(12)22)14-8-7-13(26)10-16(14)27)11-20(23(21)28)36-19-5-3-2-4-17(19)30(32)33/h2-10,15,20-21,23,25,29H,11H2,1H3. The van der Waals surface area contributed by atoms with Crippen molar-refractivity contribution in [3.8, 4) is 0 Å². The second-order valence-electron chi connectivity index (χ2n) is 8.99. The third kappa shape index (κ3) is 4.30. The van der Waals surface area contributed by atoms with Gasteiger partial charge in [-0.3, -0.25) is 20.2 Å². The molecule has 1 N–H and O–H groups in total. The predicted molar refractivity (Wildman–Crippen MR) is 144 cm³/mol. The number of nitrogens with one attached hydrogen (secondary N) is 1. The number of halogens is 3. The van der Waals surface area contributed by atoms with Gasteiger partial charge in [0.1, 0.15) is 0 Å². The lowest BCUT2D eigenvalue weighted by Crippen LogP contribution is -2.32. The van der Waals surface area contributed by atoms with Crippen LogP contribution in [0.4, 0.5) is 17.1 Å². The molecule has 5 unspecified atom stereocenters. The average Bonchev–Trinajstić information content (AvgIpc) is 3.15. The number of hydrogen-bond donors (Lipinski definition) is 1. The zero-order valence-electron chi connectivity index (χ0n) is 18.9. The van der Waals surface area contributed by atoms with Crippen molar-refractivity contribution >= 4 is 63.6 Å². The number of anilines is 1. The molecule has 1 fully saturated rings. The summed E-state index contributed by atoms with van der Waals surface area (Å²) in [5.74, 6) is -0.500. The summed E-state index contributed by atoms with van der Waals surface area (Å²) in [7, 11) is 0. The van der Waals surface area contributed by atoms with E-state index < -0.39 is 10.3 Å². The minimum Gasteiger partial charge on any atom is -0.377 e. The fourth-order valence-corrected chi connectivity index (χ4v) is 7.90. The van der Waals surface area contributed by atoms with Crippen molar-refractivity contribution in [2.75, 3.05) is 5.32 Å². The monoisotopic (exact) mass is 563 g/mol. The number of fused-ring (bicyclic) bond motifs is 3. The van der Waals surface area contributed by atoms with Crippen LogP contribution in [0.15, 0.2) is 59.5 Å². The Morgan fingerprint density at radius 3 is 2.42 bits per heavy atom. The second kappa shape index (κ2) is 9.74. The average molecular weight is 565 g/mol. The number of alkyl halides is 1. The zero-order valence-corrected chi connectivity index (χ0v) is 21.9. The number of benzene rings is 3. The van der Waals surface area contributed by atoms with E-state index in [1.165, 1.54) is 23.9 Å². The molecule has 11 heteroatoms. The molecule has 5 rings (SSSR count). The molecule has 36 heavy (non-hydrogen) atoms. The van der Waals surface area contributed by atoms with Gasteiger partial charge in [-0.15, -0.1) is 23.4 Å². The van der Waals surface area contributed by atoms with Gasteiger partial charge in [-0.25, -0.2) is 0 Å². The van der Waals surface area contributed by atoms with Crippen LogP contribution in [0.5, 0.6) is 0 Å². The molecule has 1 aliphatic carbocycles. The lowest BCUT2D eigenvalue weighted by Gasteiger charge is -2.39. The Morgan fingerprint density at radius 1 is 1.00 bits per heavy atom. The first-order valence-electron chi connectivity index (χ1n) is 11.2. The van der Waals surface area contributed by atoms with Crippen LogP contribution >= 0.6 is 46.6 Å². The summed E-state index contributed by atoms with van der Waals surface area (Å²) >= 11 is 21.2. The van der Waals surface area contributed by atoms with Gasteiger partial charge in [0.2, 0.25) is 0 Å². The van der Waals surface area contributed by atoms with Crippen molar-refractivity contribution in [1.82, 2.24) is 0 Å². The maximum absolute atomic E-state index is 12.0. The molecule has 3 aromatic rings. The van der Waals surface area contributed by atoms with Crippen molar-refractivity contribution in [3.05, 3.63) is 102 Å². The van der Waals surface area contributed by atoms with E-state index in [9.17, 15) is 20.2 Å². The predicted octanol–water partition coefficient (Wildman–Crippen LogP) is 8.16. The largest absolute Gasteiger partial charge is 0.377 e. The highest BCUT2D eigenvalue weighted by Gasteiger charge is 2.53. The Hall–Kier alpha value is -2.52. The van der Waals surface area contributed by atoms with Gasteiger partial charge in [0.25, 0.3) is 11.4 Å². The number of hydrogen-bond acceptors (Lipinski definition) is 6. The molecule has 2 aliphatic rings. The Labute approximate surface area is 226 Å². The number of rotatable bonds is 5. The molecule has 3 aromatic carbocycles. The van der Waals surface area contributed by atoms with Gasteiger partial charge in [-0.05, 0) is 48.6 Å². The summed E-state index contributed by atoms with van der Waals surface area (Å²) in [6.07, 6.45) is 0.580. The van der Waals surface area contributed by atoms with Crippen molar-refractivity contribution in [3.63, 3.8) is 0 Å². The van der Waals surface area contributed by atoms with E-state index in [-0.39, 0.29) is 39.4 Å². The number of nitrogens with zero attached hydrogens (tertiary/aromatic N) is 2. The molecule has 1 saturated carbocycles. The first kappa shape index (κ1) is 25.1. The topological polar surface area (TPSA) is 98.3 Å². The maximum Gasteiger partial charge on any atom is 0.282 e. The van der Waals surface area contributed by atoms with Gasteiger partial charge < -0.3 is 5.32 Å². The molecule has 5 atom stereocenters. The molecule has 0 amide bonds. The van der Waals surface area contributed by atoms with Gasteiger partial charge in [0.05, 0.1) is 31.7 Å². The van der Waals surface area contributed by atoms with E-state index in [0.29, 0.717) is 32.6 Å². The number of nitro groups is 2. The summed E-state index contributed by atoms with van der Waals surface area (Å²) in [5.41, 5.74) is 2.98. The van der Waals surface area contributed by atoms with E-state index in [2.05, 4.69) is 5.32 Å². The molecule has 1 heterocycles. The SMILES string of the molecule is Cc1ccc([N+](=O)[O-])c2c1NC(c1ccc(Cl)cc1Cl)C1CC(Sc3ccccc3[N+](=O)[O-])C(Cl)C21. The van der Waals surface area contributed by atoms with Crippen LogP contribution in [0.25, 0.3) is 0 Å². The molecule has 186 valence electrons. The van der Waals surface area contributed by atoms with E-state index in [1.54, 1.807) is 36.4 Å². The van der Waals surface area contributed by atoms with E-state index in [1.807, 2.05) is 13.0 Å². The Kier molecular flexibility index (Phi) is 6.80. The minimum atomic E-state index is -0.505. The minimum absolute atomic E-state index is 0.0129. The van der Waals surface area contributed by atoms with E-state index in [0.717, 1.165) is 11.1 Å².